The van der Waals surface area contributed by atoms with Crippen molar-refractivity contribution >= 4 is 22.3 Å². The van der Waals surface area contributed by atoms with Crippen LogP contribution in [0.15, 0.2) is 89.1 Å². The minimum absolute atomic E-state index is 0.0360. The van der Waals surface area contributed by atoms with Crippen LogP contribution in [-0.2, 0) is 11.2 Å². The molecule has 164 valence electrons. The van der Waals surface area contributed by atoms with Gasteiger partial charge in [0.25, 0.3) is 0 Å². The third kappa shape index (κ3) is 4.66. The van der Waals surface area contributed by atoms with E-state index in [0.29, 0.717) is 37.0 Å². The molecule has 0 bridgehead atoms. The third-order valence-corrected chi connectivity index (χ3v) is 6.26. The maximum atomic E-state index is 13.3. The van der Waals surface area contributed by atoms with Crippen LogP contribution in [0, 0.1) is 0 Å². The van der Waals surface area contributed by atoms with Crippen LogP contribution in [0.1, 0.15) is 43.2 Å². The van der Waals surface area contributed by atoms with Gasteiger partial charge in [0.1, 0.15) is 5.76 Å². The second-order valence-corrected chi connectivity index (χ2v) is 8.40. The molecule has 0 radical (unpaired) electrons. The molecule has 1 aliphatic rings. The van der Waals surface area contributed by atoms with Gasteiger partial charge in [0.15, 0.2) is 5.78 Å². The van der Waals surface area contributed by atoms with Gasteiger partial charge >= 0.3 is 0 Å². The summed E-state index contributed by atoms with van der Waals surface area (Å²) in [7, 11) is 0. The van der Waals surface area contributed by atoms with Crippen LogP contribution in [0.4, 0.5) is 0 Å². The maximum absolute atomic E-state index is 13.3. The number of hydrogen-bond acceptors (Lipinski definition) is 4. The van der Waals surface area contributed by atoms with Gasteiger partial charge in [-0.25, -0.2) is 0 Å². The van der Waals surface area contributed by atoms with Crippen LogP contribution < -0.4 is 0 Å². The summed E-state index contributed by atoms with van der Waals surface area (Å²) in [6, 6.07) is 23.8. The van der Waals surface area contributed by atoms with Crippen molar-refractivity contribution in [3.63, 3.8) is 0 Å². The van der Waals surface area contributed by atoms with E-state index < -0.39 is 0 Å². The van der Waals surface area contributed by atoms with Crippen molar-refractivity contribution in [3.8, 4) is 0 Å². The zero-order valence-corrected chi connectivity index (χ0v) is 18.4. The van der Waals surface area contributed by atoms with Crippen molar-refractivity contribution in [3.05, 3.63) is 95.3 Å². The number of carbonyl (C=O) groups excluding carboxylic acids is 1. The lowest BCUT2D eigenvalue weighted by atomic mass is 9.80. The Labute approximate surface area is 188 Å². The number of carbonyl (C=O) groups is 1. The molecule has 0 saturated heterocycles. The number of rotatable bonds is 7. The molecule has 0 aromatic heterocycles. The fourth-order valence-electron chi connectivity index (χ4n) is 4.49. The number of nitrogens with zero attached hydrogens (tertiary/aromatic N) is 1. The molecule has 0 spiro atoms. The van der Waals surface area contributed by atoms with E-state index in [9.17, 15) is 15.0 Å². The van der Waals surface area contributed by atoms with Crippen LogP contribution in [0.3, 0.4) is 0 Å². The van der Waals surface area contributed by atoms with Gasteiger partial charge in [-0.3, -0.25) is 9.79 Å². The van der Waals surface area contributed by atoms with Gasteiger partial charge in [-0.2, -0.15) is 0 Å². The van der Waals surface area contributed by atoms with Crippen LogP contribution in [0.5, 0.6) is 0 Å². The Kier molecular flexibility index (Phi) is 6.81. The molecule has 32 heavy (non-hydrogen) atoms. The molecule has 4 heteroatoms. The zero-order valence-electron chi connectivity index (χ0n) is 18.4. The number of aliphatic hydroxyl groups excluding tert-OH is 2. The summed E-state index contributed by atoms with van der Waals surface area (Å²) < 4.78 is 0. The molecule has 4 nitrogen and oxygen atoms in total. The maximum Gasteiger partial charge on any atom is 0.168 e. The molecule has 0 saturated carbocycles. The van der Waals surface area contributed by atoms with Crippen LogP contribution >= 0.6 is 0 Å². The third-order valence-electron chi connectivity index (χ3n) is 6.26. The molecule has 0 aliphatic heterocycles. The number of allylic oxidation sites excluding steroid dienone is 2. The number of aliphatic hydroxyl groups is 2. The van der Waals surface area contributed by atoms with E-state index in [1.54, 1.807) is 0 Å². The molecule has 2 N–H and O–H groups in total. The highest BCUT2D eigenvalue weighted by Gasteiger charge is 2.31. The van der Waals surface area contributed by atoms with E-state index in [4.69, 9.17) is 4.99 Å². The number of benzene rings is 3. The SMILES string of the molecule is CCC(CO)N=C(Cc1cccc2ccccc12)C1=C(O)CC(c2ccccc2)CC1=O. The van der Waals surface area contributed by atoms with E-state index in [1.165, 1.54) is 0 Å². The smallest absolute Gasteiger partial charge is 0.168 e. The molecule has 4 rings (SSSR count). The first-order valence-electron chi connectivity index (χ1n) is 11.3. The highest BCUT2D eigenvalue weighted by molar-refractivity contribution is 6.24. The normalized spacial score (nSPS) is 18.2. The lowest BCUT2D eigenvalue weighted by Gasteiger charge is -2.25. The summed E-state index contributed by atoms with van der Waals surface area (Å²) in [6.45, 7) is 1.87. The summed E-state index contributed by atoms with van der Waals surface area (Å²) in [5, 5.41) is 23.0. The second kappa shape index (κ2) is 9.92. The fourth-order valence-corrected chi connectivity index (χ4v) is 4.49. The predicted octanol–water partition coefficient (Wildman–Crippen LogP) is 5.55. The first-order chi connectivity index (χ1) is 15.6. The molecular formula is C28H29NO3. The van der Waals surface area contributed by atoms with Crippen LogP contribution in [0.25, 0.3) is 10.8 Å². The number of aliphatic imine (C=N–C) groups is 1. The number of ketones is 1. The quantitative estimate of drug-likeness (QED) is 0.486. The van der Waals surface area contributed by atoms with Crippen molar-refractivity contribution in [2.75, 3.05) is 6.61 Å². The van der Waals surface area contributed by atoms with Gasteiger partial charge in [0, 0.05) is 19.3 Å². The van der Waals surface area contributed by atoms with E-state index in [2.05, 4.69) is 18.2 Å². The molecule has 0 heterocycles. The lowest BCUT2D eigenvalue weighted by Crippen LogP contribution is -2.26. The first-order valence-corrected chi connectivity index (χ1v) is 11.3. The fraction of sp³-hybridized carbons (Fsp3) is 0.286. The second-order valence-electron chi connectivity index (χ2n) is 8.40. The van der Waals surface area contributed by atoms with E-state index >= 15 is 0 Å². The molecular weight excluding hydrogens is 398 g/mol. The number of hydrogen-bond donors (Lipinski definition) is 2. The van der Waals surface area contributed by atoms with Crippen LogP contribution in [-0.4, -0.2) is 34.4 Å². The van der Waals surface area contributed by atoms with Crippen molar-refractivity contribution in [1.82, 2.24) is 0 Å². The molecule has 3 aromatic carbocycles. The Morgan fingerprint density at radius 3 is 2.44 bits per heavy atom. The average molecular weight is 428 g/mol. The number of fused-ring (bicyclic) bond motifs is 1. The van der Waals surface area contributed by atoms with Gasteiger partial charge in [-0.15, -0.1) is 0 Å². The first kappa shape index (κ1) is 22.0. The van der Waals surface area contributed by atoms with E-state index in [0.717, 1.165) is 21.9 Å². The Hall–Kier alpha value is -3.24. The Balaban J connectivity index is 1.74. The van der Waals surface area contributed by atoms with Gasteiger partial charge in [0.2, 0.25) is 0 Å². The van der Waals surface area contributed by atoms with Crippen LogP contribution in [0.2, 0.25) is 0 Å². The summed E-state index contributed by atoms with van der Waals surface area (Å²) in [5.74, 6) is -0.0256. The van der Waals surface area contributed by atoms with Crippen molar-refractivity contribution < 1.29 is 15.0 Å². The van der Waals surface area contributed by atoms with Crippen molar-refractivity contribution in [2.24, 2.45) is 4.99 Å². The standard InChI is InChI=1S/C28H29NO3/c1-2-23(18-30)29-25(15-21-13-8-12-20-11-6-7-14-24(20)21)28-26(31)16-22(17-27(28)32)19-9-4-3-5-10-19/h3-14,22-23,30-31H,2,15-18H2,1H3. The van der Waals surface area contributed by atoms with Crippen molar-refractivity contribution in [2.45, 2.75) is 44.6 Å². The molecule has 0 fully saturated rings. The number of Topliss-reactive ketones (excluding diaryl/α,β-unsaturated/α-hetero) is 1. The van der Waals surface area contributed by atoms with Gasteiger partial charge in [-0.05, 0) is 34.2 Å². The summed E-state index contributed by atoms with van der Waals surface area (Å²) >= 11 is 0. The Morgan fingerprint density at radius 1 is 1.00 bits per heavy atom. The largest absolute Gasteiger partial charge is 0.511 e. The zero-order chi connectivity index (χ0) is 22.5. The average Bonchev–Trinajstić information content (AvgIpc) is 2.82. The highest BCUT2D eigenvalue weighted by atomic mass is 16.3. The minimum atomic E-state index is -0.306. The molecule has 0 amide bonds. The Morgan fingerprint density at radius 2 is 1.72 bits per heavy atom. The summed E-state index contributed by atoms with van der Waals surface area (Å²) in [6.07, 6.45) is 1.84. The summed E-state index contributed by atoms with van der Waals surface area (Å²) in [4.78, 5) is 18.0. The highest BCUT2D eigenvalue weighted by Crippen LogP contribution is 2.35. The van der Waals surface area contributed by atoms with E-state index in [-0.39, 0.29) is 30.1 Å². The predicted molar refractivity (Wildman–Crippen MR) is 129 cm³/mol. The molecule has 2 atom stereocenters. The topological polar surface area (TPSA) is 69.9 Å². The van der Waals surface area contributed by atoms with Gasteiger partial charge in [0.05, 0.1) is 23.9 Å². The molecule has 2 unspecified atom stereocenters. The van der Waals surface area contributed by atoms with Gasteiger partial charge in [-0.1, -0.05) is 79.7 Å². The molecule has 3 aromatic rings. The molecule has 1 aliphatic carbocycles. The lowest BCUT2D eigenvalue weighted by molar-refractivity contribution is -0.116. The minimum Gasteiger partial charge on any atom is -0.511 e. The van der Waals surface area contributed by atoms with E-state index in [1.807, 2.05) is 61.5 Å². The van der Waals surface area contributed by atoms with Gasteiger partial charge < -0.3 is 10.2 Å². The monoisotopic (exact) mass is 427 g/mol. The summed E-state index contributed by atoms with van der Waals surface area (Å²) in [5.41, 5.74) is 3.00. The van der Waals surface area contributed by atoms with Crippen molar-refractivity contribution in [1.29, 1.82) is 0 Å². The Bertz CT molecular complexity index is 1150.